The quantitative estimate of drug-likeness (QED) is 0.530. The Labute approximate surface area is 81.4 Å². The molecule has 1 aromatic carbocycles. The van der Waals surface area contributed by atoms with Gasteiger partial charge in [-0.2, -0.15) is 11.1 Å². The van der Waals surface area contributed by atoms with E-state index < -0.39 is 7.38 Å². The van der Waals surface area contributed by atoms with E-state index in [1.807, 2.05) is 12.1 Å². The van der Waals surface area contributed by atoms with Crippen molar-refractivity contribution in [2.75, 3.05) is 0 Å². The molecule has 0 bridgehead atoms. The van der Waals surface area contributed by atoms with E-state index in [-0.39, 0.29) is 0 Å². The van der Waals surface area contributed by atoms with Crippen molar-refractivity contribution >= 4 is 39.6 Å². The average Bonchev–Trinajstić information content (AvgIpc) is 1.86. The van der Waals surface area contributed by atoms with Gasteiger partial charge in [0, 0.05) is 4.47 Å². The second-order valence-corrected chi connectivity index (χ2v) is 10.3. The lowest BCUT2D eigenvalue weighted by atomic mass is 10.4. The predicted octanol–water partition coefficient (Wildman–Crippen LogP) is 3.10. The Hall–Kier alpha value is 0.207. The first-order valence-corrected chi connectivity index (χ1v) is 8.25. The van der Waals surface area contributed by atoms with Crippen molar-refractivity contribution in [2.24, 2.45) is 0 Å². The van der Waals surface area contributed by atoms with E-state index in [1.165, 1.54) is 5.19 Å². The molecule has 0 spiro atoms. The van der Waals surface area contributed by atoms with Gasteiger partial charge in [0.05, 0.1) is 0 Å². The molecule has 60 valence electrons. The van der Waals surface area contributed by atoms with Crippen LogP contribution in [0.4, 0.5) is 0 Å². The zero-order valence-corrected chi connectivity index (χ0v) is 9.91. The molecule has 0 saturated heterocycles. The summed E-state index contributed by atoms with van der Waals surface area (Å²) < 4.78 is 1.11. The lowest BCUT2D eigenvalue weighted by Gasteiger charge is -2.12. The predicted molar refractivity (Wildman–Crippen MR) is 57.1 cm³/mol. The molecule has 0 aliphatic carbocycles. The highest BCUT2D eigenvalue weighted by Gasteiger charge is 2.19. The summed E-state index contributed by atoms with van der Waals surface area (Å²) in [6.45, 7) is 4.24. The molecule has 0 heterocycles. The fourth-order valence-electron chi connectivity index (χ4n) is 0.858. The van der Waals surface area contributed by atoms with Crippen molar-refractivity contribution in [2.45, 2.75) is 13.1 Å². The van der Waals surface area contributed by atoms with E-state index in [1.54, 1.807) is 0 Å². The molecule has 0 radical (unpaired) electrons. The monoisotopic (exact) mass is 248 g/mol. The normalized spacial score (nSPS) is 11.6. The third-order valence-electron chi connectivity index (χ3n) is 1.51. The van der Waals surface area contributed by atoms with E-state index in [0.29, 0.717) is 0 Å². The maximum Gasteiger partial charge on any atom is 0.180 e. The number of rotatable bonds is 1. The van der Waals surface area contributed by atoms with Crippen LogP contribution in [0.15, 0.2) is 28.7 Å². The third-order valence-corrected chi connectivity index (χ3v) is 4.34. The van der Waals surface area contributed by atoms with Crippen LogP contribution in [0.5, 0.6) is 0 Å². The number of hydrogen-bond donors (Lipinski definition) is 0. The molecular formula is C8H10BrClSi. The molecular weight excluding hydrogens is 240 g/mol. The highest BCUT2D eigenvalue weighted by atomic mass is 79.9. The van der Waals surface area contributed by atoms with E-state index in [4.69, 9.17) is 11.1 Å². The number of benzene rings is 1. The largest absolute Gasteiger partial charge is 0.180 e. The first kappa shape index (κ1) is 9.30. The van der Waals surface area contributed by atoms with Crippen LogP contribution in [0.2, 0.25) is 13.1 Å². The lowest BCUT2D eigenvalue weighted by molar-refractivity contribution is 1.68. The van der Waals surface area contributed by atoms with Gasteiger partial charge in [-0.25, -0.2) is 0 Å². The van der Waals surface area contributed by atoms with Crippen LogP contribution in [0.1, 0.15) is 0 Å². The van der Waals surface area contributed by atoms with E-state index in [0.717, 1.165) is 4.47 Å². The molecule has 1 aromatic rings. The zero-order valence-electron chi connectivity index (χ0n) is 6.57. The van der Waals surface area contributed by atoms with Crippen LogP contribution in [-0.2, 0) is 0 Å². The topological polar surface area (TPSA) is 0 Å². The minimum atomic E-state index is -1.62. The fourth-order valence-corrected chi connectivity index (χ4v) is 2.81. The highest BCUT2D eigenvalue weighted by Crippen LogP contribution is 2.12. The van der Waals surface area contributed by atoms with Crippen molar-refractivity contribution in [1.82, 2.24) is 0 Å². The molecule has 0 saturated carbocycles. The smallest absolute Gasteiger partial charge is 0.162 e. The van der Waals surface area contributed by atoms with Crippen molar-refractivity contribution in [3.8, 4) is 0 Å². The van der Waals surface area contributed by atoms with Gasteiger partial charge in [-0.15, -0.1) is 0 Å². The second-order valence-electron chi connectivity index (χ2n) is 2.98. The summed E-state index contributed by atoms with van der Waals surface area (Å²) in [4.78, 5) is 0. The van der Waals surface area contributed by atoms with Gasteiger partial charge in [0.1, 0.15) is 0 Å². The standard InChI is InChI=1S/C8H10BrClSi/c1-11(2,10)8-5-3-4-7(9)6-8/h3-6H,1-2H3. The summed E-state index contributed by atoms with van der Waals surface area (Å²) in [5.41, 5.74) is 0. The van der Waals surface area contributed by atoms with Gasteiger partial charge in [-0.1, -0.05) is 41.2 Å². The SMILES string of the molecule is C[Si](C)(Cl)c1cccc(Br)c1. The van der Waals surface area contributed by atoms with Gasteiger partial charge in [0.25, 0.3) is 0 Å². The van der Waals surface area contributed by atoms with Crippen LogP contribution in [-0.4, -0.2) is 7.38 Å². The van der Waals surface area contributed by atoms with Crippen LogP contribution in [0.25, 0.3) is 0 Å². The molecule has 11 heavy (non-hydrogen) atoms. The minimum absolute atomic E-state index is 1.11. The van der Waals surface area contributed by atoms with Crippen LogP contribution >= 0.6 is 27.0 Å². The molecule has 1 rings (SSSR count). The second kappa shape index (κ2) is 3.29. The molecule has 0 unspecified atom stereocenters. The Bertz CT molecular complexity index is 255. The number of hydrogen-bond acceptors (Lipinski definition) is 0. The Morgan fingerprint density at radius 1 is 1.36 bits per heavy atom. The molecule has 0 fully saturated rings. The lowest BCUT2D eigenvalue weighted by Crippen LogP contribution is -2.34. The summed E-state index contributed by atoms with van der Waals surface area (Å²) in [6.07, 6.45) is 0. The van der Waals surface area contributed by atoms with Gasteiger partial charge in [0.2, 0.25) is 0 Å². The first-order chi connectivity index (χ1) is 5.00. The van der Waals surface area contributed by atoms with Crippen LogP contribution < -0.4 is 5.19 Å². The van der Waals surface area contributed by atoms with Crippen molar-refractivity contribution < 1.29 is 0 Å². The molecule has 0 atom stereocenters. The summed E-state index contributed by atoms with van der Waals surface area (Å²) in [5.74, 6) is 0. The van der Waals surface area contributed by atoms with Crippen molar-refractivity contribution in [3.05, 3.63) is 28.7 Å². The van der Waals surface area contributed by atoms with Gasteiger partial charge < -0.3 is 0 Å². The summed E-state index contributed by atoms with van der Waals surface area (Å²) >= 11 is 9.67. The maximum atomic E-state index is 6.25. The molecule has 0 nitrogen and oxygen atoms in total. The van der Waals surface area contributed by atoms with Crippen molar-refractivity contribution in [3.63, 3.8) is 0 Å². The Morgan fingerprint density at radius 3 is 2.36 bits per heavy atom. The molecule has 3 heteroatoms. The molecule has 0 aliphatic heterocycles. The Balaban J connectivity index is 3.06. The zero-order chi connectivity index (χ0) is 8.48. The van der Waals surface area contributed by atoms with Crippen LogP contribution in [0.3, 0.4) is 0 Å². The first-order valence-electron chi connectivity index (χ1n) is 3.45. The number of halogens is 2. The molecule has 0 N–H and O–H groups in total. The Morgan fingerprint density at radius 2 is 2.00 bits per heavy atom. The molecule has 0 amide bonds. The van der Waals surface area contributed by atoms with Gasteiger partial charge in [-0.3, -0.25) is 0 Å². The summed E-state index contributed by atoms with van der Waals surface area (Å²) in [5, 5.41) is 1.27. The molecule has 0 aromatic heterocycles. The van der Waals surface area contributed by atoms with E-state index in [2.05, 4.69) is 41.2 Å². The maximum absolute atomic E-state index is 6.25. The fraction of sp³-hybridized carbons (Fsp3) is 0.250. The van der Waals surface area contributed by atoms with Crippen LogP contribution in [0, 0.1) is 0 Å². The highest BCUT2D eigenvalue weighted by molar-refractivity contribution is 9.10. The third kappa shape index (κ3) is 2.62. The van der Waals surface area contributed by atoms with Crippen molar-refractivity contribution in [1.29, 1.82) is 0 Å². The van der Waals surface area contributed by atoms with Gasteiger partial charge >= 0.3 is 0 Å². The minimum Gasteiger partial charge on any atom is -0.162 e. The van der Waals surface area contributed by atoms with E-state index >= 15 is 0 Å². The Kier molecular flexibility index (Phi) is 2.78. The van der Waals surface area contributed by atoms with E-state index in [9.17, 15) is 0 Å². The van der Waals surface area contributed by atoms with Gasteiger partial charge in [0.15, 0.2) is 7.38 Å². The summed E-state index contributed by atoms with van der Waals surface area (Å²) in [6, 6.07) is 8.22. The average molecular weight is 250 g/mol. The molecule has 0 aliphatic rings. The van der Waals surface area contributed by atoms with Gasteiger partial charge in [-0.05, 0) is 17.3 Å². The summed E-state index contributed by atoms with van der Waals surface area (Å²) in [7, 11) is -1.62.